The van der Waals surface area contributed by atoms with Crippen molar-refractivity contribution < 1.29 is 4.74 Å². The summed E-state index contributed by atoms with van der Waals surface area (Å²) in [6.07, 6.45) is 1.78. The van der Waals surface area contributed by atoms with E-state index >= 15 is 0 Å². The number of aromatic nitrogens is 1. The SMILES string of the molecule is CNc1ccnc(COc2cc(C)c(Br)c(C)c2)c1. The topological polar surface area (TPSA) is 34.2 Å². The average Bonchev–Trinajstić information content (AvgIpc) is 2.42. The first-order chi connectivity index (χ1) is 9.10. The van der Waals surface area contributed by atoms with Crippen LogP contribution in [0.3, 0.4) is 0 Å². The van der Waals surface area contributed by atoms with Crippen LogP contribution in [-0.2, 0) is 6.61 Å². The summed E-state index contributed by atoms with van der Waals surface area (Å²) in [5, 5.41) is 3.09. The number of aryl methyl sites for hydroxylation is 2. The van der Waals surface area contributed by atoms with Gasteiger partial charge in [0.05, 0.1) is 5.69 Å². The second kappa shape index (κ2) is 6.06. The monoisotopic (exact) mass is 320 g/mol. The number of halogens is 1. The molecule has 1 aromatic heterocycles. The van der Waals surface area contributed by atoms with Crippen LogP contribution in [0.2, 0.25) is 0 Å². The highest BCUT2D eigenvalue weighted by Gasteiger charge is 2.04. The molecule has 1 heterocycles. The van der Waals surface area contributed by atoms with Crippen molar-refractivity contribution in [3.8, 4) is 5.75 Å². The van der Waals surface area contributed by atoms with Crippen molar-refractivity contribution in [3.63, 3.8) is 0 Å². The molecule has 1 aromatic carbocycles. The smallest absolute Gasteiger partial charge is 0.130 e. The van der Waals surface area contributed by atoms with E-state index in [4.69, 9.17) is 4.74 Å². The first-order valence-corrected chi connectivity index (χ1v) is 6.91. The Morgan fingerprint density at radius 3 is 2.53 bits per heavy atom. The third-order valence-electron chi connectivity index (χ3n) is 2.90. The van der Waals surface area contributed by atoms with Crippen LogP contribution in [0.5, 0.6) is 5.75 Å². The molecule has 0 radical (unpaired) electrons. The van der Waals surface area contributed by atoms with Crippen LogP contribution in [-0.4, -0.2) is 12.0 Å². The summed E-state index contributed by atoms with van der Waals surface area (Å²) in [5.74, 6) is 0.870. The molecule has 0 spiro atoms. The van der Waals surface area contributed by atoms with Gasteiger partial charge in [-0.05, 0) is 49.2 Å². The van der Waals surface area contributed by atoms with Crippen molar-refractivity contribution in [3.05, 3.63) is 51.8 Å². The zero-order valence-electron chi connectivity index (χ0n) is 11.3. The van der Waals surface area contributed by atoms with Gasteiger partial charge in [0.15, 0.2) is 0 Å². The zero-order chi connectivity index (χ0) is 13.8. The molecule has 0 aliphatic rings. The lowest BCUT2D eigenvalue weighted by molar-refractivity contribution is 0.301. The molecule has 0 atom stereocenters. The van der Waals surface area contributed by atoms with Crippen LogP contribution in [0.4, 0.5) is 5.69 Å². The second-order valence-electron chi connectivity index (χ2n) is 4.45. The maximum Gasteiger partial charge on any atom is 0.130 e. The summed E-state index contributed by atoms with van der Waals surface area (Å²) in [5.41, 5.74) is 4.29. The minimum absolute atomic E-state index is 0.468. The molecule has 1 N–H and O–H groups in total. The molecule has 4 heteroatoms. The molecule has 2 aromatic rings. The molecular weight excluding hydrogens is 304 g/mol. The van der Waals surface area contributed by atoms with E-state index in [1.54, 1.807) is 6.20 Å². The molecule has 100 valence electrons. The minimum atomic E-state index is 0.468. The van der Waals surface area contributed by atoms with Crippen molar-refractivity contribution in [1.82, 2.24) is 4.98 Å². The predicted octanol–water partition coefficient (Wildman–Crippen LogP) is 4.08. The van der Waals surface area contributed by atoms with Crippen molar-refractivity contribution >= 4 is 21.6 Å². The maximum absolute atomic E-state index is 5.80. The van der Waals surface area contributed by atoms with E-state index in [0.717, 1.165) is 21.6 Å². The standard InChI is InChI=1S/C15H17BrN2O/c1-10-6-14(7-11(2)15(10)16)19-9-13-8-12(17-3)4-5-18-13/h4-8H,9H2,1-3H3,(H,17,18). The van der Waals surface area contributed by atoms with Crippen LogP contribution in [0.25, 0.3) is 0 Å². The van der Waals surface area contributed by atoms with Gasteiger partial charge in [-0.3, -0.25) is 4.98 Å². The minimum Gasteiger partial charge on any atom is -0.487 e. The Morgan fingerprint density at radius 1 is 1.21 bits per heavy atom. The molecule has 0 amide bonds. The van der Waals surface area contributed by atoms with Gasteiger partial charge in [0.1, 0.15) is 12.4 Å². The summed E-state index contributed by atoms with van der Waals surface area (Å²) in [4.78, 5) is 4.29. The van der Waals surface area contributed by atoms with Gasteiger partial charge >= 0.3 is 0 Å². The number of hydrogen-bond donors (Lipinski definition) is 1. The average molecular weight is 321 g/mol. The van der Waals surface area contributed by atoms with E-state index in [0.29, 0.717) is 6.61 Å². The molecular formula is C15H17BrN2O. The molecule has 0 fully saturated rings. The zero-order valence-corrected chi connectivity index (χ0v) is 12.9. The Morgan fingerprint density at radius 2 is 1.89 bits per heavy atom. The van der Waals surface area contributed by atoms with E-state index in [1.165, 1.54) is 11.1 Å². The van der Waals surface area contributed by atoms with Gasteiger partial charge < -0.3 is 10.1 Å². The van der Waals surface area contributed by atoms with E-state index in [1.807, 2.05) is 31.3 Å². The van der Waals surface area contributed by atoms with Crippen LogP contribution >= 0.6 is 15.9 Å². The highest BCUT2D eigenvalue weighted by Crippen LogP contribution is 2.26. The van der Waals surface area contributed by atoms with Crippen molar-refractivity contribution in [2.75, 3.05) is 12.4 Å². The molecule has 0 bridgehead atoms. The molecule has 2 rings (SSSR count). The van der Waals surface area contributed by atoms with Crippen LogP contribution < -0.4 is 10.1 Å². The lowest BCUT2D eigenvalue weighted by Gasteiger charge is -2.10. The lowest BCUT2D eigenvalue weighted by atomic mass is 10.1. The predicted molar refractivity (Wildman–Crippen MR) is 81.7 cm³/mol. The van der Waals surface area contributed by atoms with Gasteiger partial charge in [-0.25, -0.2) is 0 Å². The van der Waals surface area contributed by atoms with Crippen LogP contribution in [0.1, 0.15) is 16.8 Å². The number of rotatable bonds is 4. The first-order valence-electron chi connectivity index (χ1n) is 6.12. The van der Waals surface area contributed by atoms with E-state index < -0.39 is 0 Å². The van der Waals surface area contributed by atoms with Crippen LogP contribution in [0.15, 0.2) is 34.9 Å². The largest absolute Gasteiger partial charge is 0.487 e. The summed E-state index contributed by atoms with van der Waals surface area (Å²) in [7, 11) is 1.89. The Labute approximate surface area is 122 Å². The fourth-order valence-corrected chi connectivity index (χ4v) is 2.09. The molecule has 0 saturated carbocycles. The van der Waals surface area contributed by atoms with Gasteiger partial charge in [-0.15, -0.1) is 0 Å². The Bertz CT molecular complexity index is 561. The number of anilines is 1. The third-order valence-corrected chi connectivity index (χ3v) is 4.15. The number of benzene rings is 1. The lowest BCUT2D eigenvalue weighted by Crippen LogP contribution is -2.00. The van der Waals surface area contributed by atoms with Crippen molar-refractivity contribution in [1.29, 1.82) is 0 Å². The number of pyridine rings is 1. The Hall–Kier alpha value is -1.55. The van der Waals surface area contributed by atoms with E-state index in [-0.39, 0.29) is 0 Å². The number of nitrogens with one attached hydrogen (secondary N) is 1. The Kier molecular flexibility index (Phi) is 4.43. The normalized spacial score (nSPS) is 10.3. The van der Waals surface area contributed by atoms with E-state index in [2.05, 4.69) is 40.1 Å². The summed E-state index contributed by atoms with van der Waals surface area (Å²) < 4.78 is 6.93. The molecule has 3 nitrogen and oxygen atoms in total. The summed E-state index contributed by atoms with van der Waals surface area (Å²) >= 11 is 3.55. The van der Waals surface area contributed by atoms with Crippen molar-refractivity contribution in [2.45, 2.75) is 20.5 Å². The number of hydrogen-bond acceptors (Lipinski definition) is 3. The van der Waals surface area contributed by atoms with Crippen molar-refractivity contribution in [2.24, 2.45) is 0 Å². The second-order valence-corrected chi connectivity index (χ2v) is 5.24. The fraction of sp³-hybridized carbons (Fsp3) is 0.267. The van der Waals surface area contributed by atoms with Gasteiger partial charge in [0.2, 0.25) is 0 Å². The molecule has 0 saturated heterocycles. The third kappa shape index (κ3) is 3.47. The Balaban J connectivity index is 2.10. The quantitative estimate of drug-likeness (QED) is 0.921. The van der Waals surface area contributed by atoms with Gasteiger partial charge in [-0.2, -0.15) is 0 Å². The number of nitrogens with zero attached hydrogens (tertiary/aromatic N) is 1. The number of ether oxygens (including phenoxy) is 1. The van der Waals surface area contributed by atoms with Gasteiger partial charge in [0, 0.05) is 23.4 Å². The van der Waals surface area contributed by atoms with Gasteiger partial charge in [-0.1, -0.05) is 15.9 Å². The van der Waals surface area contributed by atoms with Gasteiger partial charge in [0.25, 0.3) is 0 Å². The fourth-order valence-electron chi connectivity index (χ4n) is 1.86. The highest BCUT2D eigenvalue weighted by atomic mass is 79.9. The first kappa shape index (κ1) is 13.9. The highest BCUT2D eigenvalue weighted by molar-refractivity contribution is 9.10. The summed E-state index contributed by atoms with van der Waals surface area (Å²) in [6, 6.07) is 7.97. The molecule has 0 aliphatic carbocycles. The molecule has 19 heavy (non-hydrogen) atoms. The molecule has 0 aliphatic heterocycles. The summed E-state index contributed by atoms with van der Waals surface area (Å²) in [6.45, 7) is 4.59. The molecule has 0 unspecified atom stereocenters. The maximum atomic E-state index is 5.80. The van der Waals surface area contributed by atoms with Crippen LogP contribution in [0, 0.1) is 13.8 Å². The van der Waals surface area contributed by atoms with E-state index in [9.17, 15) is 0 Å².